The average molecular weight is 226 g/mol. The summed E-state index contributed by atoms with van der Waals surface area (Å²) in [6.45, 7) is 7.38. The van der Waals surface area contributed by atoms with Crippen molar-refractivity contribution in [1.29, 1.82) is 0 Å². The molecule has 2 aliphatic rings. The van der Waals surface area contributed by atoms with Gasteiger partial charge >= 0.3 is 0 Å². The SMILES string of the molecule is CC1(C)CC(N2CCCCC2CN)CCO1. The molecule has 2 N–H and O–H groups in total. The summed E-state index contributed by atoms with van der Waals surface area (Å²) in [7, 11) is 0. The highest BCUT2D eigenvalue weighted by atomic mass is 16.5. The quantitative estimate of drug-likeness (QED) is 0.779. The summed E-state index contributed by atoms with van der Waals surface area (Å²) in [5.41, 5.74) is 5.95. The van der Waals surface area contributed by atoms with Gasteiger partial charge in [-0.05, 0) is 46.1 Å². The van der Waals surface area contributed by atoms with Crippen molar-refractivity contribution >= 4 is 0 Å². The Labute approximate surface area is 99.3 Å². The van der Waals surface area contributed by atoms with Crippen molar-refractivity contribution in [3.63, 3.8) is 0 Å². The molecule has 0 aliphatic carbocycles. The van der Waals surface area contributed by atoms with Gasteiger partial charge in [0.15, 0.2) is 0 Å². The Kier molecular flexibility index (Phi) is 3.88. The molecular weight excluding hydrogens is 200 g/mol. The lowest BCUT2D eigenvalue weighted by atomic mass is 9.89. The maximum atomic E-state index is 5.90. The van der Waals surface area contributed by atoms with Crippen LogP contribution in [0.25, 0.3) is 0 Å². The summed E-state index contributed by atoms with van der Waals surface area (Å²) < 4.78 is 5.80. The average Bonchev–Trinajstić information content (AvgIpc) is 2.27. The van der Waals surface area contributed by atoms with E-state index >= 15 is 0 Å². The minimum atomic E-state index is 0.0551. The fraction of sp³-hybridized carbons (Fsp3) is 1.00. The van der Waals surface area contributed by atoms with Crippen molar-refractivity contribution in [3.8, 4) is 0 Å². The molecule has 0 aromatic rings. The van der Waals surface area contributed by atoms with Gasteiger partial charge in [0.05, 0.1) is 5.60 Å². The molecule has 0 bridgehead atoms. The van der Waals surface area contributed by atoms with Crippen molar-refractivity contribution in [2.45, 2.75) is 63.6 Å². The maximum Gasteiger partial charge on any atom is 0.0641 e. The Bertz CT molecular complexity index is 230. The third-order valence-corrected chi connectivity index (χ3v) is 4.08. The van der Waals surface area contributed by atoms with Crippen LogP contribution in [-0.4, -0.2) is 42.3 Å². The second-order valence-corrected chi connectivity index (χ2v) is 5.88. The molecule has 2 heterocycles. The molecule has 0 aromatic heterocycles. The van der Waals surface area contributed by atoms with Crippen molar-refractivity contribution < 1.29 is 4.74 Å². The fourth-order valence-corrected chi connectivity index (χ4v) is 3.24. The van der Waals surface area contributed by atoms with Gasteiger partial charge in [-0.3, -0.25) is 4.90 Å². The van der Waals surface area contributed by atoms with Crippen LogP contribution in [0.15, 0.2) is 0 Å². The Morgan fingerprint density at radius 2 is 2.12 bits per heavy atom. The van der Waals surface area contributed by atoms with Gasteiger partial charge in [0.2, 0.25) is 0 Å². The van der Waals surface area contributed by atoms with Crippen molar-refractivity contribution in [3.05, 3.63) is 0 Å². The zero-order chi connectivity index (χ0) is 11.6. The maximum absolute atomic E-state index is 5.90. The number of nitrogens with two attached hydrogens (primary N) is 1. The van der Waals surface area contributed by atoms with E-state index in [-0.39, 0.29) is 5.60 Å². The van der Waals surface area contributed by atoms with Crippen molar-refractivity contribution in [2.24, 2.45) is 5.73 Å². The smallest absolute Gasteiger partial charge is 0.0641 e. The fourth-order valence-electron chi connectivity index (χ4n) is 3.24. The Morgan fingerprint density at radius 1 is 1.31 bits per heavy atom. The molecule has 94 valence electrons. The molecule has 0 radical (unpaired) electrons. The van der Waals surface area contributed by atoms with Crippen LogP contribution in [-0.2, 0) is 4.74 Å². The van der Waals surface area contributed by atoms with Gasteiger partial charge in [-0.15, -0.1) is 0 Å². The van der Waals surface area contributed by atoms with Crippen LogP contribution in [0.5, 0.6) is 0 Å². The number of rotatable bonds is 2. The van der Waals surface area contributed by atoms with E-state index in [4.69, 9.17) is 10.5 Å². The van der Waals surface area contributed by atoms with Gasteiger partial charge in [-0.2, -0.15) is 0 Å². The molecule has 3 heteroatoms. The second kappa shape index (κ2) is 5.03. The molecule has 2 atom stereocenters. The van der Waals surface area contributed by atoms with Crippen LogP contribution in [0, 0.1) is 0 Å². The number of hydrogen-bond acceptors (Lipinski definition) is 3. The van der Waals surface area contributed by atoms with E-state index in [2.05, 4.69) is 18.7 Å². The summed E-state index contributed by atoms with van der Waals surface area (Å²) in [6.07, 6.45) is 6.32. The number of hydrogen-bond donors (Lipinski definition) is 1. The third-order valence-electron chi connectivity index (χ3n) is 4.08. The van der Waals surface area contributed by atoms with E-state index in [9.17, 15) is 0 Å². The number of likely N-dealkylation sites (tertiary alicyclic amines) is 1. The van der Waals surface area contributed by atoms with Gasteiger partial charge in [-0.25, -0.2) is 0 Å². The summed E-state index contributed by atoms with van der Waals surface area (Å²) in [5, 5.41) is 0. The third kappa shape index (κ3) is 2.76. The van der Waals surface area contributed by atoms with Gasteiger partial charge in [0, 0.05) is 25.2 Å². The summed E-state index contributed by atoms with van der Waals surface area (Å²) in [6, 6.07) is 1.31. The molecule has 16 heavy (non-hydrogen) atoms. The van der Waals surface area contributed by atoms with Crippen LogP contribution in [0.3, 0.4) is 0 Å². The first-order chi connectivity index (χ1) is 7.62. The molecule has 0 amide bonds. The van der Waals surface area contributed by atoms with Crippen molar-refractivity contribution in [2.75, 3.05) is 19.7 Å². The van der Waals surface area contributed by atoms with E-state index in [0.29, 0.717) is 12.1 Å². The van der Waals surface area contributed by atoms with Crippen LogP contribution < -0.4 is 5.73 Å². The first-order valence-electron chi connectivity index (χ1n) is 6.72. The number of ether oxygens (including phenoxy) is 1. The van der Waals surface area contributed by atoms with Crippen LogP contribution in [0.2, 0.25) is 0 Å². The molecular formula is C13H26N2O. The monoisotopic (exact) mass is 226 g/mol. The molecule has 2 unspecified atom stereocenters. The lowest BCUT2D eigenvalue weighted by Crippen LogP contribution is -2.53. The Balaban J connectivity index is 1.99. The van der Waals surface area contributed by atoms with Crippen LogP contribution >= 0.6 is 0 Å². The van der Waals surface area contributed by atoms with Gasteiger partial charge in [0.25, 0.3) is 0 Å². The van der Waals surface area contributed by atoms with Gasteiger partial charge in [-0.1, -0.05) is 6.42 Å². The largest absolute Gasteiger partial charge is 0.375 e. The molecule has 2 aliphatic heterocycles. The number of piperidine rings is 1. The first kappa shape index (κ1) is 12.3. The predicted molar refractivity (Wildman–Crippen MR) is 66.5 cm³/mol. The van der Waals surface area contributed by atoms with E-state index < -0.39 is 0 Å². The van der Waals surface area contributed by atoms with E-state index in [1.54, 1.807) is 0 Å². The van der Waals surface area contributed by atoms with E-state index in [1.807, 2.05) is 0 Å². The van der Waals surface area contributed by atoms with Crippen molar-refractivity contribution in [1.82, 2.24) is 4.90 Å². The Hall–Kier alpha value is -0.120. The highest BCUT2D eigenvalue weighted by Crippen LogP contribution is 2.30. The lowest BCUT2D eigenvalue weighted by molar-refractivity contribution is -0.0921. The molecule has 2 saturated heterocycles. The standard InChI is InChI=1S/C13H26N2O/c1-13(2)9-11(6-8-16-13)15-7-4-3-5-12(15)10-14/h11-12H,3-10,14H2,1-2H3. The zero-order valence-corrected chi connectivity index (χ0v) is 10.7. The highest BCUT2D eigenvalue weighted by molar-refractivity contribution is 4.89. The molecule has 3 nitrogen and oxygen atoms in total. The minimum absolute atomic E-state index is 0.0551. The Morgan fingerprint density at radius 3 is 2.81 bits per heavy atom. The highest BCUT2D eigenvalue weighted by Gasteiger charge is 2.35. The number of nitrogens with zero attached hydrogens (tertiary/aromatic N) is 1. The lowest BCUT2D eigenvalue weighted by Gasteiger charge is -2.46. The molecule has 2 rings (SSSR count). The summed E-state index contributed by atoms with van der Waals surface area (Å²) in [5.74, 6) is 0. The molecule has 2 fully saturated rings. The summed E-state index contributed by atoms with van der Waals surface area (Å²) in [4.78, 5) is 2.66. The minimum Gasteiger partial charge on any atom is -0.375 e. The van der Waals surface area contributed by atoms with Gasteiger partial charge < -0.3 is 10.5 Å². The van der Waals surface area contributed by atoms with E-state index in [1.165, 1.54) is 32.2 Å². The first-order valence-corrected chi connectivity index (χ1v) is 6.72. The normalized spacial score (nSPS) is 36.2. The predicted octanol–water partition coefficient (Wildman–Crippen LogP) is 1.76. The molecule has 0 saturated carbocycles. The van der Waals surface area contributed by atoms with Crippen LogP contribution in [0.4, 0.5) is 0 Å². The second-order valence-electron chi connectivity index (χ2n) is 5.88. The topological polar surface area (TPSA) is 38.5 Å². The molecule has 0 aromatic carbocycles. The van der Waals surface area contributed by atoms with Gasteiger partial charge in [0.1, 0.15) is 0 Å². The molecule has 0 spiro atoms. The summed E-state index contributed by atoms with van der Waals surface area (Å²) >= 11 is 0. The van der Waals surface area contributed by atoms with Crippen LogP contribution in [0.1, 0.15) is 46.0 Å². The van der Waals surface area contributed by atoms with E-state index in [0.717, 1.165) is 19.6 Å². The zero-order valence-electron chi connectivity index (χ0n) is 10.7.